The van der Waals surface area contributed by atoms with Gasteiger partial charge in [0.2, 0.25) is 0 Å². The molecule has 0 aromatic carbocycles. The summed E-state index contributed by atoms with van der Waals surface area (Å²) in [6.45, 7) is 2.03. The van der Waals surface area contributed by atoms with Crippen LogP contribution in [0.3, 0.4) is 0 Å². The fraction of sp³-hybridized carbons (Fsp3) is 0.417. The van der Waals surface area contributed by atoms with E-state index in [0.717, 1.165) is 5.57 Å². The van der Waals surface area contributed by atoms with Crippen molar-refractivity contribution in [3.05, 3.63) is 36.0 Å². The number of hydrogen-bond acceptors (Lipinski definition) is 3. The first-order valence-corrected chi connectivity index (χ1v) is 7.24. The van der Waals surface area contributed by atoms with Crippen LogP contribution in [0.2, 0.25) is 0 Å². The number of carboxylic acids is 1. The van der Waals surface area contributed by atoms with Gasteiger partial charge in [-0.15, -0.1) is 0 Å². The van der Waals surface area contributed by atoms with E-state index < -0.39 is 5.97 Å². The van der Waals surface area contributed by atoms with Crippen LogP contribution in [0.25, 0.3) is 0 Å². The highest BCUT2D eigenvalue weighted by Gasteiger charge is 2.19. The Morgan fingerprint density at radius 2 is 2.35 bits per heavy atom. The molecule has 5 heteroatoms. The summed E-state index contributed by atoms with van der Waals surface area (Å²) in [6, 6.07) is -0.176. The molecule has 2 unspecified atom stereocenters. The Hall–Kier alpha value is -0.520. The number of carbonyl (C=O) groups is 1. The Labute approximate surface area is 114 Å². The normalized spacial score (nSPS) is 25.2. The number of halogens is 1. The monoisotopic (exact) mass is 317 g/mol. The second kappa shape index (κ2) is 6.42. The van der Waals surface area contributed by atoms with Crippen molar-refractivity contribution in [2.75, 3.05) is 6.26 Å². The van der Waals surface area contributed by atoms with E-state index in [9.17, 15) is 4.79 Å². The maximum Gasteiger partial charge on any atom is 0.305 e. The third-order valence-corrected chi connectivity index (χ3v) is 3.40. The summed E-state index contributed by atoms with van der Waals surface area (Å²) in [6.07, 6.45) is 11.9. The fourth-order valence-corrected chi connectivity index (χ4v) is 2.28. The van der Waals surface area contributed by atoms with E-state index >= 15 is 0 Å². The minimum absolute atomic E-state index is 0.0733. The Kier molecular flexibility index (Phi) is 5.49. The molecule has 0 saturated heterocycles. The molecule has 94 valence electrons. The molecule has 0 fully saturated rings. The van der Waals surface area contributed by atoms with Crippen LogP contribution in [0, 0.1) is 0 Å². The zero-order valence-corrected chi connectivity index (χ0v) is 12.2. The van der Waals surface area contributed by atoms with Crippen molar-refractivity contribution >= 4 is 33.8 Å². The Balaban J connectivity index is 2.85. The van der Waals surface area contributed by atoms with Crippen molar-refractivity contribution in [1.82, 2.24) is 4.72 Å². The van der Waals surface area contributed by atoms with Gasteiger partial charge in [-0.1, -0.05) is 58.3 Å². The minimum Gasteiger partial charge on any atom is -0.481 e. The van der Waals surface area contributed by atoms with Crippen LogP contribution in [0.15, 0.2) is 36.0 Å². The molecule has 1 aliphatic rings. The number of alkyl halides is 1. The molecule has 0 radical (unpaired) electrons. The molecule has 0 aromatic heterocycles. The third kappa shape index (κ3) is 5.10. The molecular weight excluding hydrogens is 302 g/mol. The number of allylic oxidation sites excluding steroid dienone is 4. The van der Waals surface area contributed by atoms with Crippen LogP contribution in [-0.4, -0.2) is 27.7 Å². The zero-order valence-electron chi connectivity index (χ0n) is 9.81. The highest BCUT2D eigenvalue weighted by molar-refractivity contribution is 9.10. The maximum absolute atomic E-state index is 10.8. The molecule has 0 bridgehead atoms. The molecule has 0 aromatic rings. The van der Waals surface area contributed by atoms with Gasteiger partial charge in [-0.3, -0.25) is 9.52 Å². The van der Waals surface area contributed by atoms with Crippen LogP contribution < -0.4 is 4.72 Å². The first kappa shape index (κ1) is 14.5. The van der Waals surface area contributed by atoms with Gasteiger partial charge in [0.05, 0.1) is 16.8 Å². The summed E-state index contributed by atoms with van der Waals surface area (Å²) < 4.78 is 2.94. The zero-order chi connectivity index (χ0) is 12.9. The molecule has 2 N–H and O–H groups in total. The predicted octanol–water partition coefficient (Wildman–Crippen LogP) is 2.90. The highest BCUT2D eigenvalue weighted by atomic mass is 79.9. The number of hydrogen-bond donors (Lipinski definition) is 2. The van der Waals surface area contributed by atoms with Gasteiger partial charge in [0.15, 0.2) is 0 Å². The van der Waals surface area contributed by atoms with Gasteiger partial charge in [0.25, 0.3) is 0 Å². The second-order valence-corrected chi connectivity index (χ2v) is 6.34. The summed E-state index contributed by atoms with van der Waals surface area (Å²) in [4.78, 5) is 10.8. The van der Waals surface area contributed by atoms with Crippen LogP contribution in [0.1, 0.15) is 13.3 Å². The summed E-state index contributed by atoms with van der Waals surface area (Å²) in [5.74, 6) is -0.805. The van der Waals surface area contributed by atoms with E-state index in [2.05, 4.69) is 20.7 Å². The first-order chi connectivity index (χ1) is 7.94. The number of carboxylic acid groups (broad SMARTS) is 1. The average molecular weight is 318 g/mol. The summed E-state index contributed by atoms with van der Waals surface area (Å²) in [5.41, 5.74) is 0.973. The summed E-state index contributed by atoms with van der Waals surface area (Å²) in [7, 11) is 0. The van der Waals surface area contributed by atoms with E-state index in [1.165, 1.54) is 11.9 Å². The standard InChI is InChI=1S/C12H16BrNO2S/c1-12(13)6-3-4-9(5-7-12)10(14-17-2)8-11(15)16/h3-7,10,14H,8H2,1-2H3,(H,15,16). The van der Waals surface area contributed by atoms with E-state index in [1.54, 1.807) is 0 Å². The maximum atomic E-state index is 10.8. The smallest absolute Gasteiger partial charge is 0.305 e. The van der Waals surface area contributed by atoms with Gasteiger partial charge >= 0.3 is 5.97 Å². The minimum atomic E-state index is -0.805. The molecule has 1 rings (SSSR count). The van der Waals surface area contributed by atoms with Crippen LogP contribution in [0.4, 0.5) is 0 Å². The van der Waals surface area contributed by atoms with Gasteiger partial charge in [-0.2, -0.15) is 0 Å². The van der Waals surface area contributed by atoms with E-state index in [4.69, 9.17) is 5.11 Å². The van der Waals surface area contributed by atoms with Crippen molar-refractivity contribution in [3.63, 3.8) is 0 Å². The van der Waals surface area contributed by atoms with E-state index in [0.29, 0.717) is 0 Å². The van der Waals surface area contributed by atoms with Gasteiger partial charge in [-0.05, 0) is 18.8 Å². The topological polar surface area (TPSA) is 49.3 Å². The first-order valence-electron chi connectivity index (χ1n) is 5.22. The fourth-order valence-electron chi connectivity index (χ4n) is 1.49. The lowest BCUT2D eigenvalue weighted by molar-refractivity contribution is -0.137. The molecule has 1 aliphatic carbocycles. The number of rotatable bonds is 5. The summed E-state index contributed by atoms with van der Waals surface area (Å²) >= 11 is 4.99. The molecule has 0 amide bonds. The van der Waals surface area contributed by atoms with Crippen molar-refractivity contribution < 1.29 is 9.90 Å². The Morgan fingerprint density at radius 3 is 2.94 bits per heavy atom. The van der Waals surface area contributed by atoms with Crippen LogP contribution in [0.5, 0.6) is 0 Å². The molecule has 17 heavy (non-hydrogen) atoms. The van der Waals surface area contributed by atoms with Gasteiger partial charge in [0, 0.05) is 0 Å². The van der Waals surface area contributed by atoms with Crippen molar-refractivity contribution in [1.29, 1.82) is 0 Å². The lowest BCUT2D eigenvalue weighted by Crippen LogP contribution is -2.27. The average Bonchev–Trinajstić information content (AvgIpc) is 2.38. The van der Waals surface area contributed by atoms with E-state index in [-0.39, 0.29) is 16.8 Å². The quantitative estimate of drug-likeness (QED) is 0.604. The van der Waals surface area contributed by atoms with Gasteiger partial charge in [-0.25, -0.2) is 0 Å². The van der Waals surface area contributed by atoms with Crippen molar-refractivity contribution in [2.45, 2.75) is 23.7 Å². The molecule has 2 atom stereocenters. The van der Waals surface area contributed by atoms with Crippen LogP contribution in [-0.2, 0) is 4.79 Å². The van der Waals surface area contributed by atoms with Gasteiger partial charge < -0.3 is 5.11 Å². The molecular formula is C12H16BrNO2S. The van der Waals surface area contributed by atoms with Gasteiger partial charge in [0.1, 0.15) is 0 Å². The molecule has 0 saturated carbocycles. The SMILES string of the molecule is CSNC(CC(=O)O)C1=CC=CC(C)(Br)C=C1. The number of aliphatic carboxylic acids is 1. The van der Waals surface area contributed by atoms with Crippen LogP contribution >= 0.6 is 27.9 Å². The number of nitrogens with one attached hydrogen (secondary N) is 1. The molecule has 3 nitrogen and oxygen atoms in total. The highest BCUT2D eigenvalue weighted by Crippen LogP contribution is 2.25. The third-order valence-electron chi connectivity index (χ3n) is 2.35. The largest absolute Gasteiger partial charge is 0.481 e. The van der Waals surface area contributed by atoms with Crippen molar-refractivity contribution in [3.8, 4) is 0 Å². The Morgan fingerprint density at radius 1 is 1.65 bits per heavy atom. The predicted molar refractivity (Wildman–Crippen MR) is 76.4 cm³/mol. The second-order valence-electron chi connectivity index (χ2n) is 3.98. The Bertz CT molecular complexity index is 375. The lowest BCUT2D eigenvalue weighted by atomic mass is 10.0. The molecule has 0 heterocycles. The van der Waals surface area contributed by atoms with Crippen molar-refractivity contribution in [2.24, 2.45) is 0 Å². The molecule has 0 spiro atoms. The summed E-state index contributed by atoms with van der Waals surface area (Å²) in [5, 5.41) is 8.89. The molecule has 0 aliphatic heterocycles. The lowest BCUT2D eigenvalue weighted by Gasteiger charge is -2.16. The van der Waals surface area contributed by atoms with E-state index in [1.807, 2.05) is 43.6 Å².